The Kier molecular flexibility index (Phi) is 7.31. The van der Waals surface area contributed by atoms with E-state index in [-0.39, 0.29) is 29.8 Å². The standard InChI is InChI=1S/C22H34N4O4/c1-15-7-9-24(10-8-15)21-6-5-19(26(28)29)11-20(21)22(27)23-12-16(2)25-13-17(3)30-18(4)14-25/h5-6,11,15-18H,7-10,12-14H2,1-4H3,(H,23,27). The molecule has 2 saturated heterocycles. The molecule has 2 aliphatic rings. The van der Waals surface area contributed by atoms with Crippen LogP contribution in [0.3, 0.4) is 0 Å². The highest BCUT2D eigenvalue weighted by molar-refractivity contribution is 6.00. The molecule has 3 rings (SSSR count). The van der Waals surface area contributed by atoms with E-state index in [1.165, 1.54) is 12.1 Å². The maximum atomic E-state index is 13.1. The molecule has 2 heterocycles. The van der Waals surface area contributed by atoms with Crippen LogP contribution < -0.4 is 10.2 Å². The molecule has 2 aliphatic heterocycles. The average molecular weight is 419 g/mol. The molecule has 0 bridgehead atoms. The van der Waals surface area contributed by atoms with Crippen molar-refractivity contribution in [2.75, 3.05) is 37.6 Å². The molecule has 1 amide bonds. The van der Waals surface area contributed by atoms with Crippen molar-refractivity contribution in [2.45, 2.75) is 58.8 Å². The minimum atomic E-state index is -0.446. The normalized spacial score (nSPS) is 24.5. The molecule has 2 fully saturated rings. The fourth-order valence-corrected chi connectivity index (χ4v) is 4.39. The van der Waals surface area contributed by atoms with Gasteiger partial charge in [0.2, 0.25) is 0 Å². The number of ether oxygens (including phenoxy) is 1. The number of anilines is 1. The molecule has 0 saturated carbocycles. The van der Waals surface area contributed by atoms with Gasteiger partial charge in [-0.2, -0.15) is 0 Å². The predicted molar refractivity (Wildman–Crippen MR) is 117 cm³/mol. The summed E-state index contributed by atoms with van der Waals surface area (Å²) in [5.74, 6) is 0.407. The minimum Gasteiger partial charge on any atom is -0.373 e. The molecule has 8 nitrogen and oxygen atoms in total. The zero-order valence-electron chi connectivity index (χ0n) is 18.5. The summed E-state index contributed by atoms with van der Waals surface area (Å²) in [6.45, 7) is 12.3. The van der Waals surface area contributed by atoms with Crippen LogP contribution in [-0.2, 0) is 4.74 Å². The molecule has 0 aromatic heterocycles. The first-order valence-corrected chi connectivity index (χ1v) is 11.0. The van der Waals surface area contributed by atoms with Crippen molar-refractivity contribution in [1.82, 2.24) is 10.2 Å². The Bertz CT molecular complexity index is 754. The van der Waals surface area contributed by atoms with E-state index in [1.54, 1.807) is 6.07 Å². The number of piperidine rings is 1. The molecule has 0 spiro atoms. The van der Waals surface area contributed by atoms with Gasteiger partial charge in [-0.15, -0.1) is 0 Å². The van der Waals surface area contributed by atoms with Gasteiger partial charge in [-0.3, -0.25) is 19.8 Å². The number of non-ortho nitro benzene ring substituents is 1. The van der Waals surface area contributed by atoms with Crippen LogP contribution in [0.5, 0.6) is 0 Å². The number of carbonyl (C=O) groups is 1. The van der Waals surface area contributed by atoms with E-state index in [0.29, 0.717) is 18.0 Å². The van der Waals surface area contributed by atoms with Gasteiger partial charge < -0.3 is 15.0 Å². The molecule has 3 unspecified atom stereocenters. The Hall–Kier alpha value is -2.19. The van der Waals surface area contributed by atoms with Crippen LogP contribution >= 0.6 is 0 Å². The van der Waals surface area contributed by atoms with Crippen LogP contribution in [0.15, 0.2) is 18.2 Å². The van der Waals surface area contributed by atoms with Crippen molar-refractivity contribution in [3.05, 3.63) is 33.9 Å². The number of nitrogens with one attached hydrogen (secondary N) is 1. The Morgan fingerprint density at radius 1 is 1.23 bits per heavy atom. The number of morpholine rings is 1. The van der Waals surface area contributed by atoms with E-state index >= 15 is 0 Å². The molecule has 30 heavy (non-hydrogen) atoms. The fourth-order valence-electron chi connectivity index (χ4n) is 4.39. The van der Waals surface area contributed by atoms with Gasteiger partial charge in [0.15, 0.2) is 0 Å². The van der Waals surface area contributed by atoms with E-state index in [2.05, 4.69) is 42.8 Å². The molecule has 1 aromatic carbocycles. The summed E-state index contributed by atoms with van der Waals surface area (Å²) in [5.41, 5.74) is 1.11. The topological polar surface area (TPSA) is 87.9 Å². The number of nitro groups is 1. The molecule has 8 heteroatoms. The lowest BCUT2D eigenvalue weighted by atomic mass is 9.98. The number of nitro benzene ring substituents is 1. The van der Waals surface area contributed by atoms with Crippen LogP contribution in [0.4, 0.5) is 11.4 Å². The van der Waals surface area contributed by atoms with Crippen molar-refractivity contribution in [3.8, 4) is 0 Å². The van der Waals surface area contributed by atoms with Gasteiger partial charge in [0.05, 0.1) is 28.4 Å². The van der Waals surface area contributed by atoms with Gasteiger partial charge in [-0.05, 0) is 45.6 Å². The molecular formula is C22H34N4O4. The second kappa shape index (κ2) is 9.75. The Morgan fingerprint density at radius 3 is 2.47 bits per heavy atom. The summed E-state index contributed by atoms with van der Waals surface area (Å²) in [6, 6.07) is 4.77. The van der Waals surface area contributed by atoms with Crippen molar-refractivity contribution < 1.29 is 14.5 Å². The van der Waals surface area contributed by atoms with E-state index in [0.717, 1.165) is 44.7 Å². The predicted octanol–water partition coefficient (Wildman–Crippen LogP) is 3.06. The quantitative estimate of drug-likeness (QED) is 0.564. The van der Waals surface area contributed by atoms with Gasteiger partial charge in [0, 0.05) is 50.9 Å². The molecule has 3 atom stereocenters. The van der Waals surface area contributed by atoms with Crippen molar-refractivity contribution in [2.24, 2.45) is 5.92 Å². The number of benzene rings is 1. The van der Waals surface area contributed by atoms with Crippen molar-refractivity contribution in [1.29, 1.82) is 0 Å². The van der Waals surface area contributed by atoms with Gasteiger partial charge in [0.1, 0.15) is 0 Å². The van der Waals surface area contributed by atoms with Crippen LogP contribution in [0.2, 0.25) is 0 Å². The molecule has 1 N–H and O–H groups in total. The van der Waals surface area contributed by atoms with Gasteiger partial charge in [-0.1, -0.05) is 6.92 Å². The lowest BCUT2D eigenvalue weighted by molar-refractivity contribution is -0.384. The van der Waals surface area contributed by atoms with E-state index < -0.39 is 4.92 Å². The van der Waals surface area contributed by atoms with Crippen LogP contribution in [-0.4, -0.2) is 66.7 Å². The van der Waals surface area contributed by atoms with E-state index in [1.807, 2.05) is 0 Å². The molecule has 1 aromatic rings. The maximum absolute atomic E-state index is 13.1. The van der Waals surface area contributed by atoms with Gasteiger partial charge in [-0.25, -0.2) is 0 Å². The Balaban J connectivity index is 1.71. The number of hydrogen-bond donors (Lipinski definition) is 1. The second-order valence-electron chi connectivity index (χ2n) is 8.90. The number of hydrogen-bond acceptors (Lipinski definition) is 6. The first-order chi connectivity index (χ1) is 14.2. The summed E-state index contributed by atoms with van der Waals surface area (Å²) in [7, 11) is 0. The highest BCUT2D eigenvalue weighted by atomic mass is 16.6. The molecular weight excluding hydrogens is 384 g/mol. The molecule has 0 radical (unpaired) electrons. The number of nitrogens with zero attached hydrogens (tertiary/aromatic N) is 3. The third-order valence-electron chi connectivity index (χ3n) is 6.19. The lowest BCUT2D eigenvalue weighted by Crippen LogP contribution is -2.52. The largest absolute Gasteiger partial charge is 0.373 e. The summed E-state index contributed by atoms with van der Waals surface area (Å²) in [4.78, 5) is 28.4. The number of carbonyl (C=O) groups excluding carboxylic acids is 1. The molecule has 166 valence electrons. The fraction of sp³-hybridized carbons (Fsp3) is 0.682. The zero-order valence-corrected chi connectivity index (χ0v) is 18.5. The maximum Gasteiger partial charge on any atom is 0.270 e. The smallest absolute Gasteiger partial charge is 0.270 e. The zero-order chi connectivity index (χ0) is 21.8. The first kappa shape index (κ1) is 22.5. The SMILES string of the molecule is CC1CCN(c2ccc([N+](=O)[O-])cc2C(=O)NCC(C)N2CC(C)OC(C)C2)CC1. The monoisotopic (exact) mass is 418 g/mol. The second-order valence-corrected chi connectivity index (χ2v) is 8.90. The third-order valence-corrected chi connectivity index (χ3v) is 6.19. The summed E-state index contributed by atoms with van der Waals surface area (Å²) >= 11 is 0. The Morgan fingerprint density at radius 2 is 1.87 bits per heavy atom. The van der Waals surface area contributed by atoms with Crippen molar-refractivity contribution in [3.63, 3.8) is 0 Å². The van der Waals surface area contributed by atoms with Gasteiger partial charge >= 0.3 is 0 Å². The van der Waals surface area contributed by atoms with Crippen LogP contribution in [0.25, 0.3) is 0 Å². The number of rotatable bonds is 6. The third kappa shape index (κ3) is 5.49. The van der Waals surface area contributed by atoms with Crippen molar-refractivity contribution >= 4 is 17.3 Å². The number of amides is 1. The first-order valence-electron chi connectivity index (χ1n) is 11.0. The summed E-state index contributed by atoms with van der Waals surface area (Å²) in [6.07, 6.45) is 2.44. The highest BCUT2D eigenvalue weighted by Gasteiger charge is 2.27. The van der Waals surface area contributed by atoms with Gasteiger partial charge in [0.25, 0.3) is 11.6 Å². The molecule has 0 aliphatic carbocycles. The van der Waals surface area contributed by atoms with Crippen LogP contribution in [0.1, 0.15) is 50.9 Å². The summed E-state index contributed by atoms with van der Waals surface area (Å²) in [5, 5.41) is 14.3. The highest BCUT2D eigenvalue weighted by Crippen LogP contribution is 2.29. The lowest BCUT2D eigenvalue weighted by Gasteiger charge is -2.39. The average Bonchev–Trinajstić information content (AvgIpc) is 2.71. The summed E-state index contributed by atoms with van der Waals surface area (Å²) < 4.78 is 5.79. The van der Waals surface area contributed by atoms with E-state index in [4.69, 9.17) is 4.74 Å². The minimum absolute atomic E-state index is 0.0573. The Labute approximate surface area is 178 Å². The van der Waals surface area contributed by atoms with Crippen LogP contribution in [0, 0.1) is 16.0 Å². The van der Waals surface area contributed by atoms with E-state index in [9.17, 15) is 14.9 Å².